The molecule has 2 rings (SSSR count). The Bertz CT molecular complexity index is 480. The van der Waals surface area contributed by atoms with Gasteiger partial charge >= 0.3 is 0 Å². The van der Waals surface area contributed by atoms with Crippen molar-refractivity contribution in [3.63, 3.8) is 0 Å². The third-order valence-electron chi connectivity index (χ3n) is 2.25. The van der Waals surface area contributed by atoms with Gasteiger partial charge in [0.25, 0.3) is 0 Å². The number of hydrogen-bond donors (Lipinski definition) is 0. The average molecular weight is 188 g/mol. The molecule has 1 aromatic heterocycles. The fourth-order valence-corrected chi connectivity index (χ4v) is 1.60. The van der Waals surface area contributed by atoms with Crippen LogP contribution >= 0.6 is 0 Å². The smallest absolute Gasteiger partial charge is 0.134 e. The summed E-state index contributed by atoms with van der Waals surface area (Å²) in [5, 5.41) is 1.06. The van der Waals surface area contributed by atoms with Crippen LogP contribution in [0.2, 0.25) is 0 Å². The van der Waals surface area contributed by atoms with Gasteiger partial charge in [0, 0.05) is 17.4 Å². The van der Waals surface area contributed by atoms with Crippen molar-refractivity contribution in [3.05, 3.63) is 35.6 Å². The van der Waals surface area contributed by atoms with Crippen LogP contribution in [0.4, 0.5) is 0 Å². The Morgan fingerprint density at radius 1 is 1.43 bits per heavy atom. The fraction of sp³-hybridized carbons (Fsp3) is 0.250. The van der Waals surface area contributed by atoms with E-state index in [1.165, 1.54) is 5.56 Å². The zero-order valence-electron chi connectivity index (χ0n) is 8.33. The predicted octanol–water partition coefficient (Wildman–Crippen LogP) is 2.87. The highest BCUT2D eigenvalue weighted by Gasteiger charge is 2.07. The first-order valence-electron chi connectivity index (χ1n) is 4.63. The quantitative estimate of drug-likeness (QED) is 0.725. The van der Waals surface area contributed by atoms with E-state index < -0.39 is 0 Å². The highest BCUT2D eigenvalue weighted by atomic mass is 16.3. The standard InChI is InChI=1S/C12H12O2/c1-8-3-4-12-11(5-8)10(7-14-12)6-9(2)13/h3-5,7H,6H2,1-2H3. The minimum absolute atomic E-state index is 0.161. The molecular formula is C12H12O2. The first-order chi connectivity index (χ1) is 6.66. The van der Waals surface area contributed by atoms with Gasteiger partial charge in [-0.2, -0.15) is 0 Å². The Hall–Kier alpha value is -1.57. The van der Waals surface area contributed by atoms with Gasteiger partial charge in [0.2, 0.25) is 0 Å². The fourth-order valence-electron chi connectivity index (χ4n) is 1.60. The summed E-state index contributed by atoms with van der Waals surface area (Å²) < 4.78 is 5.35. The third kappa shape index (κ3) is 1.55. The van der Waals surface area contributed by atoms with E-state index >= 15 is 0 Å². The number of Topliss-reactive ketones (excluding diaryl/α,β-unsaturated/α-hetero) is 1. The highest BCUT2D eigenvalue weighted by Crippen LogP contribution is 2.22. The van der Waals surface area contributed by atoms with E-state index in [2.05, 4.69) is 6.07 Å². The molecule has 0 fully saturated rings. The van der Waals surface area contributed by atoms with E-state index in [9.17, 15) is 4.79 Å². The zero-order chi connectivity index (χ0) is 10.1. The Morgan fingerprint density at radius 3 is 2.93 bits per heavy atom. The number of ketones is 1. The molecule has 0 aliphatic carbocycles. The number of furan rings is 1. The second kappa shape index (κ2) is 3.29. The van der Waals surface area contributed by atoms with Crippen LogP contribution in [0, 0.1) is 6.92 Å². The summed E-state index contributed by atoms with van der Waals surface area (Å²) in [6, 6.07) is 5.99. The Balaban J connectivity index is 2.55. The van der Waals surface area contributed by atoms with E-state index in [0.717, 1.165) is 16.5 Å². The van der Waals surface area contributed by atoms with E-state index in [1.54, 1.807) is 13.2 Å². The Morgan fingerprint density at radius 2 is 2.21 bits per heavy atom. The lowest BCUT2D eigenvalue weighted by molar-refractivity contribution is -0.116. The molecule has 0 aliphatic heterocycles. The topological polar surface area (TPSA) is 30.2 Å². The molecule has 0 spiro atoms. The molecule has 1 aromatic carbocycles. The molecule has 0 aliphatic rings. The molecule has 72 valence electrons. The van der Waals surface area contributed by atoms with Crippen molar-refractivity contribution in [1.29, 1.82) is 0 Å². The predicted molar refractivity (Wildman–Crippen MR) is 55.3 cm³/mol. The molecule has 2 nitrogen and oxygen atoms in total. The van der Waals surface area contributed by atoms with E-state index in [4.69, 9.17) is 4.42 Å². The van der Waals surface area contributed by atoms with E-state index in [1.807, 2.05) is 19.1 Å². The minimum Gasteiger partial charge on any atom is -0.464 e. The number of hydrogen-bond acceptors (Lipinski definition) is 2. The van der Waals surface area contributed by atoms with E-state index in [-0.39, 0.29) is 5.78 Å². The summed E-state index contributed by atoms with van der Waals surface area (Å²) in [6.45, 7) is 3.62. The van der Waals surface area contributed by atoms with Gasteiger partial charge in [-0.15, -0.1) is 0 Å². The summed E-state index contributed by atoms with van der Waals surface area (Å²) in [6.07, 6.45) is 2.13. The van der Waals surface area contributed by atoms with Gasteiger partial charge in [-0.3, -0.25) is 4.79 Å². The average Bonchev–Trinajstić information content (AvgIpc) is 2.47. The first kappa shape index (κ1) is 9.00. The molecule has 0 radical (unpaired) electrons. The summed E-state index contributed by atoms with van der Waals surface area (Å²) in [7, 11) is 0. The Kier molecular flexibility index (Phi) is 2.12. The number of carbonyl (C=O) groups is 1. The summed E-state index contributed by atoms with van der Waals surface area (Å²) >= 11 is 0. The summed E-state index contributed by atoms with van der Waals surface area (Å²) in [5.41, 5.74) is 3.02. The zero-order valence-corrected chi connectivity index (χ0v) is 8.33. The van der Waals surface area contributed by atoms with Gasteiger partial charge in [-0.25, -0.2) is 0 Å². The SMILES string of the molecule is CC(=O)Cc1coc2ccc(C)cc12. The van der Waals surface area contributed by atoms with Crippen LogP contribution < -0.4 is 0 Å². The minimum atomic E-state index is 0.161. The molecular weight excluding hydrogens is 176 g/mol. The molecule has 2 heteroatoms. The molecule has 0 amide bonds. The van der Waals surface area contributed by atoms with Gasteiger partial charge in [-0.05, 0) is 26.0 Å². The number of rotatable bonds is 2. The molecule has 0 unspecified atom stereocenters. The third-order valence-corrected chi connectivity index (χ3v) is 2.25. The molecule has 0 saturated heterocycles. The van der Waals surface area contributed by atoms with Crippen molar-refractivity contribution in [2.24, 2.45) is 0 Å². The van der Waals surface area contributed by atoms with Crippen LogP contribution in [0.3, 0.4) is 0 Å². The lowest BCUT2D eigenvalue weighted by Gasteiger charge is -1.95. The second-order valence-electron chi connectivity index (χ2n) is 3.64. The number of benzene rings is 1. The van der Waals surface area contributed by atoms with Crippen molar-refractivity contribution < 1.29 is 9.21 Å². The maximum Gasteiger partial charge on any atom is 0.134 e. The van der Waals surface area contributed by atoms with E-state index in [0.29, 0.717) is 6.42 Å². The van der Waals surface area contributed by atoms with Gasteiger partial charge in [0.1, 0.15) is 11.4 Å². The molecule has 0 atom stereocenters. The number of carbonyl (C=O) groups excluding carboxylic acids is 1. The largest absolute Gasteiger partial charge is 0.464 e. The van der Waals surface area contributed by atoms with Crippen molar-refractivity contribution in [2.45, 2.75) is 20.3 Å². The lowest BCUT2D eigenvalue weighted by Crippen LogP contribution is -1.94. The maximum absolute atomic E-state index is 11.0. The molecule has 1 heterocycles. The van der Waals surface area contributed by atoms with Crippen molar-refractivity contribution >= 4 is 16.8 Å². The molecule has 0 N–H and O–H groups in total. The lowest BCUT2D eigenvalue weighted by atomic mass is 10.1. The molecule has 0 bridgehead atoms. The normalized spacial score (nSPS) is 10.7. The highest BCUT2D eigenvalue weighted by molar-refractivity contribution is 5.87. The van der Waals surface area contributed by atoms with Crippen LogP contribution in [0.5, 0.6) is 0 Å². The molecule has 2 aromatic rings. The van der Waals surface area contributed by atoms with Gasteiger partial charge in [-0.1, -0.05) is 11.6 Å². The van der Waals surface area contributed by atoms with Crippen LogP contribution in [0.1, 0.15) is 18.1 Å². The van der Waals surface area contributed by atoms with Crippen molar-refractivity contribution in [2.75, 3.05) is 0 Å². The maximum atomic E-state index is 11.0. The van der Waals surface area contributed by atoms with Gasteiger partial charge in [0.15, 0.2) is 0 Å². The van der Waals surface area contributed by atoms with Crippen LogP contribution in [0.25, 0.3) is 11.0 Å². The van der Waals surface area contributed by atoms with Gasteiger partial charge in [0.05, 0.1) is 6.26 Å². The molecule has 14 heavy (non-hydrogen) atoms. The number of fused-ring (bicyclic) bond motifs is 1. The van der Waals surface area contributed by atoms with Crippen LogP contribution in [-0.2, 0) is 11.2 Å². The Labute approximate surface area is 82.5 Å². The summed E-state index contributed by atoms with van der Waals surface area (Å²) in [5.74, 6) is 0.161. The summed E-state index contributed by atoms with van der Waals surface area (Å²) in [4.78, 5) is 11.0. The first-order valence-corrected chi connectivity index (χ1v) is 4.63. The monoisotopic (exact) mass is 188 g/mol. The van der Waals surface area contributed by atoms with Crippen LogP contribution in [-0.4, -0.2) is 5.78 Å². The van der Waals surface area contributed by atoms with Gasteiger partial charge < -0.3 is 4.42 Å². The second-order valence-corrected chi connectivity index (χ2v) is 3.64. The van der Waals surface area contributed by atoms with Crippen LogP contribution in [0.15, 0.2) is 28.9 Å². The van der Waals surface area contributed by atoms with Crippen molar-refractivity contribution in [1.82, 2.24) is 0 Å². The molecule has 0 saturated carbocycles. The van der Waals surface area contributed by atoms with Crippen molar-refractivity contribution in [3.8, 4) is 0 Å². The number of aryl methyl sites for hydroxylation is 1.